The molecule has 1 rings (SSSR count). The van der Waals surface area contributed by atoms with E-state index in [1.807, 2.05) is 0 Å². The van der Waals surface area contributed by atoms with Gasteiger partial charge in [-0.3, -0.25) is 0 Å². The zero-order valence-corrected chi connectivity index (χ0v) is 14.1. The van der Waals surface area contributed by atoms with Crippen LogP contribution in [-0.2, 0) is 9.47 Å². The van der Waals surface area contributed by atoms with E-state index in [4.69, 9.17) is 9.47 Å². The summed E-state index contributed by atoms with van der Waals surface area (Å²) in [6.45, 7) is 8.42. The van der Waals surface area contributed by atoms with Gasteiger partial charge in [0, 0.05) is 13.0 Å². The average Bonchev–Trinajstić information content (AvgIpc) is 2.85. The lowest BCUT2D eigenvalue weighted by atomic mass is 9.83. The van der Waals surface area contributed by atoms with Crippen molar-refractivity contribution in [3.8, 4) is 0 Å². The Morgan fingerprint density at radius 1 is 1.14 bits per heavy atom. The number of hydrogen-bond acceptors (Lipinski definition) is 4. The first-order valence-corrected chi connectivity index (χ1v) is 8.41. The Morgan fingerprint density at radius 3 is 2.38 bits per heavy atom. The van der Waals surface area contributed by atoms with E-state index in [0.29, 0.717) is 25.2 Å². The molecule has 0 bridgehead atoms. The van der Waals surface area contributed by atoms with Crippen LogP contribution in [0.4, 0.5) is 0 Å². The molecule has 4 heteroatoms. The smallest absolute Gasteiger partial charge is 0.152 e. The minimum absolute atomic E-state index is 0.0538. The molecule has 0 aromatic carbocycles. The lowest BCUT2D eigenvalue weighted by Gasteiger charge is -2.29. The normalized spacial score (nSPS) is 18.6. The Hall–Kier alpha value is -0.160. The summed E-state index contributed by atoms with van der Waals surface area (Å²) in [4.78, 5) is 0. The monoisotopic (exact) mass is 302 g/mol. The van der Waals surface area contributed by atoms with Crippen LogP contribution in [0.3, 0.4) is 0 Å². The van der Waals surface area contributed by atoms with Crippen molar-refractivity contribution in [2.45, 2.75) is 78.4 Å². The van der Waals surface area contributed by atoms with Crippen LogP contribution in [0.15, 0.2) is 0 Å². The maximum atomic E-state index is 9.22. The van der Waals surface area contributed by atoms with Gasteiger partial charge in [-0.15, -0.1) is 0 Å². The molecule has 126 valence electrons. The molecular weight excluding hydrogens is 268 g/mol. The predicted molar refractivity (Wildman–Crippen MR) is 83.8 cm³/mol. The summed E-state index contributed by atoms with van der Waals surface area (Å²) in [5, 5.41) is 18.4. The Morgan fingerprint density at radius 2 is 1.81 bits per heavy atom. The molecule has 0 amide bonds. The lowest BCUT2D eigenvalue weighted by molar-refractivity contribution is -0.116. The molecule has 0 radical (unpaired) electrons. The molecule has 1 fully saturated rings. The molecule has 0 unspecified atom stereocenters. The van der Waals surface area contributed by atoms with Gasteiger partial charge in [0.25, 0.3) is 0 Å². The van der Waals surface area contributed by atoms with Crippen molar-refractivity contribution in [1.29, 1.82) is 0 Å². The van der Waals surface area contributed by atoms with Crippen LogP contribution in [0, 0.1) is 10.8 Å². The van der Waals surface area contributed by atoms with Gasteiger partial charge in [0.2, 0.25) is 0 Å². The van der Waals surface area contributed by atoms with Crippen molar-refractivity contribution in [2.24, 2.45) is 10.8 Å². The third-order valence-corrected chi connectivity index (χ3v) is 4.95. The fourth-order valence-corrected chi connectivity index (χ4v) is 3.13. The van der Waals surface area contributed by atoms with E-state index in [9.17, 15) is 10.2 Å². The topological polar surface area (TPSA) is 58.9 Å². The SMILES string of the molecule is CCC(C)(C)CCCOCOCC1(CC(O)O)CCCC1. The van der Waals surface area contributed by atoms with Crippen molar-refractivity contribution < 1.29 is 19.7 Å². The Bertz CT molecular complexity index is 270. The van der Waals surface area contributed by atoms with Crippen molar-refractivity contribution in [3.05, 3.63) is 0 Å². The van der Waals surface area contributed by atoms with Crippen LogP contribution in [0.5, 0.6) is 0 Å². The first-order valence-electron chi connectivity index (χ1n) is 8.41. The summed E-state index contributed by atoms with van der Waals surface area (Å²) in [6, 6.07) is 0. The third kappa shape index (κ3) is 7.59. The molecule has 21 heavy (non-hydrogen) atoms. The van der Waals surface area contributed by atoms with E-state index in [1.54, 1.807) is 0 Å². The largest absolute Gasteiger partial charge is 0.368 e. The standard InChI is InChI=1S/C17H34O4/c1-4-16(2,3)8-7-11-20-14-21-13-17(12-15(18)19)9-5-6-10-17/h15,18-19H,4-14H2,1-3H3. The maximum Gasteiger partial charge on any atom is 0.152 e. The summed E-state index contributed by atoms with van der Waals surface area (Å²) < 4.78 is 11.2. The highest BCUT2D eigenvalue weighted by Crippen LogP contribution is 2.42. The molecule has 2 N–H and O–H groups in total. The molecule has 0 aromatic rings. The molecule has 0 aliphatic heterocycles. The molecule has 0 atom stereocenters. The molecule has 0 saturated heterocycles. The zero-order valence-electron chi connectivity index (χ0n) is 14.1. The maximum absolute atomic E-state index is 9.22. The minimum Gasteiger partial charge on any atom is -0.368 e. The molecule has 0 heterocycles. The second-order valence-electron chi connectivity index (χ2n) is 7.39. The second-order valence-corrected chi connectivity index (χ2v) is 7.39. The van der Waals surface area contributed by atoms with Gasteiger partial charge in [-0.2, -0.15) is 0 Å². The number of hydrogen-bond donors (Lipinski definition) is 2. The minimum atomic E-state index is -1.23. The Balaban J connectivity index is 2.10. The van der Waals surface area contributed by atoms with Crippen LogP contribution in [-0.4, -0.2) is 36.5 Å². The van der Waals surface area contributed by atoms with Gasteiger partial charge in [-0.1, -0.05) is 40.0 Å². The van der Waals surface area contributed by atoms with E-state index in [0.717, 1.165) is 38.7 Å². The highest BCUT2D eigenvalue weighted by molar-refractivity contribution is 4.85. The Kier molecular flexibility index (Phi) is 8.17. The second kappa shape index (κ2) is 9.09. The quantitative estimate of drug-likeness (QED) is 0.453. The lowest BCUT2D eigenvalue weighted by Crippen LogP contribution is -2.29. The van der Waals surface area contributed by atoms with E-state index in [2.05, 4.69) is 20.8 Å². The number of ether oxygens (including phenoxy) is 2. The van der Waals surface area contributed by atoms with Gasteiger partial charge in [-0.25, -0.2) is 0 Å². The molecule has 1 saturated carbocycles. The van der Waals surface area contributed by atoms with Gasteiger partial charge in [-0.05, 0) is 36.5 Å². The van der Waals surface area contributed by atoms with Crippen molar-refractivity contribution in [1.82, 2.24) is 0 Å². The summed E-state index contributed by atoms with van der Waals surface area (Å²) in [6.07, 6.45) is 6.96. The number of rotatable bonds is 11. The molecule has 1 aliphatic rings. The molecule has 0 spiro atoms. The molecular formula is C17H34O4. The van der Waals surface area contributed by atoms with Crippen molar-refractivity contribution in [3.63, 3.8) is 0 Å². The van der Waals surface area contributed by atoms with Crippen molar-refractivity contribution >= 4 is 0 Å². The Labute approximate surface area is 129 Å². The van der Waals surface area contributed by atoms with Crippen LogP contribution < -0.4 is 0 Å². The highest BCUT2D eigenvalue weighted by Gasteiger charge is 2.35. The van der Waals surface area contributed by atoms with Crippen LogP contribution in [0.1, 0.15) is 72.1 Å². The summed E-state index contributed by atoms with van der Waals surface area (Å²) in [7, 11) is 0. The van der Waals surface area contributed by atoms with Crippen LogP contribution >= 0.6 is 0 Å². The van der Waals surface area contributed by atoms with Gasteiger partial charge in [0.15, 0.2) is 6.29 Å². The van der Waals surface area contributed by atoms with Crippen LogP contribution in [0.25, 0.3) is 0 Å². The highest BCUT2D eigenvalue weighted by atomic mass is 16.7. The van der Waals surface area contributed by atoms with E-state index >= 15 is 0 Å². The third-order valence-electron chi connectivity index (χ3n) is 4.95. The first-order chi connectivity index (χ1) is 9.89. The summed E-state index contributed by atoms with van der Waals surface area (Å²) >= 11 is 0. The van der Waals surface area contributed by atoms with Gasteiger partial charge in [0.05, 0.1) is 6.61 Å². The van der Waals surface area contributed by atoms with E-state index < -0.39 is 6.29 Å². The number of aliphatic hydroxyl groups excluding tert-OH is 1. The average molecular weight is 302 g/mol. The van der Waals surface area contributed by atoms with Crippen LogP contribution in [0.2, 0.25) is 0 Å². The summed E-state index contributed by atoms with van der Waals surface area (Å²) in [5.74, 6) is 0. The molecule has 1 aliphatic carbocycles. The zero-order chi connectivity index (χ0) is 15.8. The molecule has 4 nitrogen and oxygen atoms in total. The predicted octanol–water partition coefficient (Wildman–Crippen LogP) is 3.45. The first kappa shape index (κ1) is 18.9. The van der Waals surface area contributed by atoms with Crippen molar-refractivity contribution in [2.75, 3.05) is 20.0 Å². The fraction of sp³-hybridized carbons (Fsp3) is 1.00. The van der Waals surface area contributed by atoms with Gasteiger partial charge in [0.1, 0.15) is 6.79 Å². The van der Waals surface area contributed by atoms with Gasteiger partial charge >= 0.3 is 0 Å². The van der Waals surface area contributed by atoms with Gasteiger partial charge < -0.3 is 19.7 Å². The molecule has 0 aromatic heterocycles. The van der Waals surface area contributed by atoms with E-state index in [-0.39, 0.29) is 5.41 Å². The summed E-state index contributed by atoms with van der Waals surface area (Å²) in [5.41, 5.74) is 0.344. The fourth-order valence-electron chi connectivity index (χ4n) is 3.13. The number of aliphatic hydroxyl groups is 2. The van der Waals surface area contributed by atoms with E-state index in [1.165, 1.54) is 12.8 Å².